The molecular formula is C20H29NO3. The van der Waals surface area contributed by atoms with E-state index in [1.54, 1.807) is 0 Å². The number of para-hydroxylation sites is 1. The van der Waals surface area contributed by atoms with Crippen LogP contribution in [0.2, 0.25) is 0 Å². The predicted molar refractivity (Wildman–Crippen MR) is 93.9 cm³/mol. The summed E-state index contributed by atoms with van der Waals surface area (Å²) in [5.41, 5.74) is 0.401. The molecule has 3 rings (SSSR count). The molecule has 0 spiro atoms. The number of hydrogen-bond donors (Lipinski definition) is 1. The van der Waals surface area contributed by atoms with Crippen molar-refractivity contribution in [3.8, 4) is 5.75 Å². The van der Waals surface area contributed by atoms with Crippen LogP contribution >= 0.6 is 0 Å². The number of piperidine rings is 1. The van der Waals surface area contributed by atoms with Crippen molar-refractivity contribution in [1.82, 2.24) is 4.90 Å². The lowest BCUT2D eigenvalue weighted by atomic mass is 9.66. The largest absolute Gasteiger partial charge is 0.494 e. The molecule has 1 aromatic rings. The van der Waals surface area contributed by atoms with Gasteiger partial charge in [0.15, 0.2) is 0 Å². The number of amides is 1. The summed E-state index contributed by atoms with van der Waals surface area (Å²) in [5, 5.41) is 11.2. The highest BCUT2D eigenvalue weighted by atomic mass is 16.5. The number of carbonyl (C=O) groups is 1. The van der Waals surface area contributed by atoms with Gasteiger partial charge in [-0.15, -0.1) is 0 Å². The quantitative estimate of drug-likeness (QED) is 0.915. The molecule has 1 aliphatic heterocycles. The first kappa shape index (κ1) is 17.3. The van der Waals surface area contributed by atoms with E-state index in [2.05, 4.69) is 6.07 Å². The molecule has 24 heavy (non-hydrogen) atoms. The summed E-state index contributed by atoms with van der Waals surface area (Å²) in [6.45, 7) is 5.12. The molecule has 132 valence electrons. The fourth-order valence-corrected chi connectivity index (χ4v) is 4.56. The monoisotopic (exact) mass is 331 g/mol. The van der Waals surface area contributed by atoms with Crippen LogP contribution in [-0.4, -0.2) is 34.7 Å². The Kier molecular flexibility index (Phi) is 5.14. The SMILES string of the molecule is CCOc1ccccc1[C@H]1[C@H]2CCCC[C@@]2(O)CCN1C(=O)CC. The number of hydrogen-bond acceptors (Lipinski definition) is 3. The van der Waals surface area contributed by atoms with Gasteiger partial charge < -0.3 is 14.7 Å². The fourth-order valence-electron chi connectivity index (χ4n) is 4.56. The van der Waals surface area contributed by atoms with Crippen molar-refractivity contribution < 1.29 is 14.6 Å². The van der Waals surface area contributed by atoms with Gasteiger partial charge in [0.05, 0.1) is 18.2 Å². The predicted octanol–water partition coefficient (Wildman–Crippen LogP) is 3.69. The van der Waals surface area contributed by atoms with Gasteiger partial charge in [0.2, 0.25) is 5.91 Å². The maximum absolute atomic E-state index is 12.6. The van der Waals surface area contributed by atoms with E-state index in [9.17, 15) is 9.90 Å². The van der Waals surface area contributed by atoms with Crippen molar-refractivity contribution in [3.63, 3.8) is 0 Å². The Balaban J connectivity index is 2.05. The second-order valence-electron chi connectivity index (χ2n) is 7.06. The summed E-state index contributed by atoms with van der Waals surface area (Å²) in [6.07, 6.45) is 5.20. The highest BCUT2D eigenvalue weighted by Gasteiger charge is 2.50. The number of ether oxygens (including phenoxy) is 1. The van der Waals surface area contributed by atoms with Gasteiger partial charge in [0.25, 0.3) is 0 Å². The van der Waals surface area contributed by atoms with Crippen LogP contribution in [0.3, 0.4) is 0 Å². The Bertz CT molecular complexity index is 588. The number of likely N-dealkylation sites (tertiary alicyclic amines) is 1. The maximum atomic E-state index is 12.6. The lowest BCUT2D eigenvalue weighted by Gasteiger charge is -2.52. The van der Waals surface area contributed by atoms with E-state index in [0.717, 1.165) is 37.0 Å². The van der Waals surface area contributed by atoms with Gasteiger partial charge in [-0.1, -0.05) is 38.0 Å². The molecule has 4 nitrogen and oxygen atoms in total. The molecule has 2 fully saturated rings. The van der Waals surface area contributed by atoms with Crippen LogP contribution in [-0.2, 0) is 4.79 Å². The summed E-state index contributed by atoms with van der Waals surface area (Å²) in [6, 6.07) is 7.93. The van der Waals surface area contributed by atoms with Crippen molar-refractivity contribution in [1.29, 1.82) is 0 Å². The van der Waals surface area contributed by atoms with Gasteiger partial charge in [-0.3, -0.25) is 4.79 Å². The molecule has 1 aliphatic carbocycles. The van der Waals surface area contributed by atoms with Crippen LogP contribution in [0.5, 0.6) is 5.75 Å². The van der Waals surface area contributed by atoms with Gasteiger partial charge in [-0.25, -0.2) is 0 Å². The number of carbonyl (C=O) groups excluding carboxylic acids is 1. The van der Waals surface area contributed by atoms with E-state index in [4.69, 9.17) is 4.74 Å². The molecule has 1 saturated carbocycles. The molecule has 0 bridgehead atoms. The molecular weight excluding hydrogens is 302 g/mol. The van der Waals surface area contributed by atoms with Gasteiger partial charge in [-0.2, -0.15) is 0 Å². The molecule has 1 N–H and O–H groups in total. The van der Waals surface area contributed by atoms with Crippen molar-refractivity contribution in [3.05, 3.63) is 29.8 Å². The van der Waals surface area contributed by atoms with Crippen LogP contribution in [0.1, 0.15) is 64.0 Å². The smallest absolute Gasteiger partial charge is 0.222 e. The van der Waals surface area contributed by atoms with Crippen LogP contribution in [0, 0.1) is 5.92 Å². The van der Waals surface area contributed by atoms with Gasteiger partial charge in [0, 0.05) is 24.4 Å². The minimum absolute atomic E-state index is 0.0840. The molecule has 4 heteroatoms. The molecule has 2 aliphatic rings. The first-order valence-corrected chi connectivity index (χ1v) is 9.34. The second kappa shape index (κ2) is 7.14. The van der Waals surface area contributed by atoms with Crippen molar-refractivity contribution >= 4 is 5.91 Å². The second-order valence-corrected chi connectivity index (χ2v) is 7.06. The first-order chi connectivity index (χ1) is 11.6. The van der Waals surface area contributed by atoms with Crippen molar-refractivity contribution in [2.24, 2.45) is 5.92 Å². The number of rotatable bonds is 4. The molecule has 1 amide bonds. The Morgan fingerprint density at radius 2 is 2.08 bits per heavy atom. The van der Waals surface area contributed by atoms with E-state index < -0.39 is 5.60 Å². The van der Waals surface area contributed by atoms with Gasteiger partial charge in [0.1, 0.15) is 5.75 Å². The summed E-state index contributed by atoms with van der Waals surface area (Å²) >= 11 is 0. The molecule has 3 atom stereocenters. The highest BCUT2D eigenvalue weighted by Crippen LogP contribution is 2.50. The molecule has 0 radical (unpaired) electrons. The summed E-state index contributed by atoms with van der Waals surface area (Å²) in [7, 11) is 0. The maximum Gasteiger partial charge on any atom is 0.222 e. The third kappa shape index (κ3) is 3.04. The Labute approximate surface area is 144 Å². The highest BCUT2D eigenvalue weighted by molar-refractivity contribution is 5.76. The topological polar surface area (TPSA) is 49.8 Å². The van der Waals surface area contributed by atoms with Crippen LogP contribution in [0.4, 0.5) is 0 Å². The van der Waals surface area contributed by atoms with Crippen LogP contribution in [0.15, 0.2) is 24.3 Å². The Hall–Kier alpha value is -1.55. The summed E-state index contributed by atoms with van der Waals surface area (Å²) < 4.78 is 5.84. The molecule has 1 heterocycles. The minimum Gasteiger partial charge on any atom is -0.494 e. The lowest BCUT2D eigenvalue weighted by Crippen LogP contribution is -2.56. The van der Waals surface area contributed by atoms with E-state index in [0.29, 0.717) is 26.0 Å². The van der Waals surface area contributed by atoms with E-state index in [-0.39, 0.29) is 17.9 Å². The molecule has 0 unspecified atom stereocenters. The van der Waals surface area contributed by atoms with Gasteiger partial charge in [-0.05, 0) is 32.3 Å². The Morgan fingerprint density at radius 1 is 1.29 bits per heavy atom. The zero-order valence-corrected chi connectivity index (χ0v) is 14.8. The van der Waals surface area contributed by atoms with Crippen molar-refractivity contribution in [2.45, 2.75) is 64.0 Å². The van der Waals surface area contributed by atoms with E-state index >= 15 is 0 Å². The Morgan fingerprint density at radius 3 is 2.83 bits per heavy atom. The minimum atomic E-state index is -0.646. The van der Waals surface area contributed by atoms with Gasteiger partial charge >= 0.3 is 0 Å². The zero-order valence-electron chi connectivity index (χ0n) is 14.8. The molecule has 1 saturated heterocycles. The number of aliphatic hydroxyl groups is 1. The summed E-state index contributed by atoms with van der Waals surface area (Å²) in [4.78, 5) is 14.6. The van der Waals surface area contributed by atoms with E-state index in [1.807, 2.05) is 36.9 Å². The van der Waals surface area contributed by atoms with Crippen molar-refractivity contribution in [2.75, 3.05) is 13.2 Å². The fraction of sp³-hybridized carbons (Fsp3) is 0.650. The van der Waals surface area contributed by atoms with E-state index in [1.165, 1.54) is 0 Å². The molecule has 1 aromatic carbocycles. The third-order valence-electron chi connectivity index (χ3n) is 5.73. The average Bonchev–Trinajstić information content (AvgIpc) is 2.60. The normalized spacial score (nSPS) is 29.9. The zero-order chi connectivity index (χ0) is 17.2. The number of benzene rings is 1. The first-order valence-electron chi connectivity index (χ1n) is 9.34. The average molecular weight is 331 g/mol. The summed E-state index contributed by atoms with van der Waals surface area (Å²) in [5.74, 6) is 1.10. The lowest BCUT2D eigenvalue weighted by molar-refractivity contribution is -0.155. The number of fused-ring (bicyclic) bond motifs is 1. The number of nitrogens with zero attached hydrogens (tertiary/aromatic N) is 1. The van der Waals surface area contributed by atoms with Crippen LogP contribution in [0.25, 0.3) is 0 Å². The molecule has 0 aromatic heterocycles. The van der Waals surface area contributed by atoms with Crippen LogP contribution < -0.4 is 4.74 Å². The standard InChI is InChI=1S/C20H29NO3/c1-3-18(22)21-14-13-20(23)12-8-7-10-16(20)19(21)15-9-5-6-11-17(15)24-4-2/h5-6,9,11,16,19,23H,3-4,7-8,10,12-14H2,1-2H3/t16-,19+,20-/m1/s1. The third-order valence-corrected chi connectivity index (χ3v) is 5.73.